The summed E-state index contributed by atoms with van der Waals surface area (Å²) < 4.78 is 0. The second kappa shape index (κ2) is 8.81. The molecule has 2 saturated carbocycles. The van der Waals surface area contributed by atoms with Gasteiger partial charge >= 0.3 is 0 Å². The Balaban J connectivity index is 1.09. The lowest BCUT2D eigenvalue weighted by Crippen LogP contribution is -2.45. The number of benzene rings is 2. The van der Waals surface area contributed by atoms with Crippen LogP contribution in [-0.4, -0.2) is 37.0 Å². The molecule has 3 unspecified atom stereocenters. The number of nitrogens with one attached hydrogen (secondary N) is 1. The zero-order chi connectivity index (χ0) is 20.3. The largest absolute Gasteiger partial charge is 0.369 e. The lowest BCUT2D eigenvalue weighted by molar-refractivity contribution is -0.117. The highest BCUT2D eigenvalue weighted by molar-refractivity contribution is 5.91. The third kappa shape index (κ3) is 4.54. The summed E-state index contributed by atoms with van der Waals surface area (Å²) in [5.41, 5.74) is 3.56. The van der Waals surface area contributed by atoms with Crippen molar-refractivity contribution in [2.45, 2.75) is 38.6 Å². The summed E-state index contributed by atoms with van der Waals surface area (Å²) in [6.07, 6.45) is 6.07. The molecule has 4 nitrogen and oxygen atoms in total. The van der Waals surface area contributed by atoms with Gasteiger partial charge in [-0.15, -0.1) is 0 Å². The van der Waals surface area contributed by atoms with Crippen LogP contribution in [0.5, 0.6) is 0 Å². The van der Waals surface area contributed by atoms with Crippen molar-refractivity contribution < 1.29 is 4.79 Å². The van der Waals surface area contributed by atoms with Gasteiger partial charge in [0.15, 0.2) is 0 Å². The Kier molecular flexibility index (Phi) is 5.76. The monoisotopic (exact) mass is 403 g/mol. The molecule has 2 aliphatic carbocycles. The van der Waals surface area contributed by atoms with Crippen LogP contribution in [-0.2, 0) is 11.3 Å². The average Bonchev–Trinajstić information content (AvgIpc) is 3.39. The summed E-state index contributed by atoms with van der Waals surface area (Å²) in [6.45, 7) is 5.28. The molecule has 3 atom stereocenters. The number of carbonyl (C=O) groups is 1. The van der Waals surface area contributed by atoms with Gasteiger partial charge in [-0.2, -0.15) is 0 Å². The molecule has 158 valence electrons. The Morgan fingerprint density at radius 1 is 0.900 bits per heavy atom. The van der Waals surface area contributed by atoms with Gasteiger partial charge in [-0.1, -0.05) is 36.8 Å². The fourth-order valence-corrected chi connectivity index (χ4v) is 5.84. The first-order valence-electron chi connectivity index (χ1n) is 11.6. The number of amides is 1. The van der Waals surface area contributed by atoms with E-state index in [2.05, 4.69) is 69.7 Å². The van der Waals surface area contributed by atoms with Crippen LogP contribution in [0.4, 0.5) is 11.4 Å². The first-order valence-corrected chi connectivity index (χ1v) is 11.6. The molecule has 0 radical (unpaired) electrons. The first kappa shape index (κ1) is 19.6. The number of piperazine rings is 1. The molecular formula is C26H33N3O. The van der Waals surface area contributed by atoms with E-state index in [1.54, 1.807) is 0 Å². The Bertz CT molecular complexity index is 842. The van der Waals surface area contributed by atoms with E-state index in [9.17, 15) is 4.79 Å². The molecule has 1 N–H and O–H groups in total. The molecule has 1 aliphatic heterocycles. The lowest BCUT2D eigenvalue weighted by atomic mass is 9.86. The third-order valence-corrected chi connectivity index (χ3v) is 7.47. The van der Waals surface area contributed by atoms with E-state index in [1.165, 1.54) is 36.9 Å². The number of carbonyl (C=O) groups excluding carboxylic acids is 1. The molecule has 0 spiro atoms. The molecule has 1 heterocycles. The van der Waals surface area contributed by atoms with Gasteiger partial charge < -0.3 is 10.2 Å². The number of hydrogen-bond donors (Lipinski definition) is 1. The van der Waals surface area contributed by atoms with Gasteiger partial charge in [-0.25, -0.2) is 0 Å². The van der Waals surface area contributed by atoms with Crippen LogP contribution < -0.4 is 10.2 Å². The first-order chi connectivity index (χ1) is 14.7. The Hall–Kier alpha value is -2.33. The zero-order valence-corrected chi connectivity index (χ0v) is 17.8. The predicted octanol–water partition coefficient (Wildman–Crippen LogP) is 4.77. The highest BCUT2D eigenvalue weighted by atomic mass is 16.1. The molecule has 2 aromatic carbocycles. The standard InChI is InChI=1S/C26H33N3O/c30-26(18-23-17-21-6-7-22(23)16-21)27-24-8-10-25(11-9-24)29-14-12-28(13-15-29)19-20-4-2-1-3-5-20/h1-5,8-11,21-23H,6-7,12-19H2,(H,27,30). The molecular weight excluding hydrogens is 370 g/mol. The molecule has 2 bridgehead atoms. The Morgan fingerprint density at radius 3 is 2.33 bits per heavy atom. The Morgan fingerprint density at radius 2 is 1.67 bits per heavy atom. The SMILES string of the molecule is O=C(CC1CC2CCC1C2)Nc1ccc(N2CCN(Cc3ccccc3)CC2)cc1. The van der Waals surface area contributed by atoms with Gasteiger partial charge in [0.1, 0.15) is 0 Å². The zero-order valence-electron chi connectivity index (χ0n) is 17.8. The summed E-state index contributed by atoms with van der Waals surface area (Å²) in [4.78, 5) is 17.5. The van der Waals surface area contributed by atoms with Crippen LogP contribution in [0.1, 0.15) is 37.7 Å². The maximum atomic E-state index is 12.5. The topological polar surface area (TPSA) is 35.6 Å². The molecule has 5 rings (SSSR count). The van der Waals surface area contributed by atoms with Crippen molar-refractivity contribution in [3.05, 3.63) is 60.2 Å². The van der Waals surface area contributed by atoms with Crippen molar-refractivity contribution in [3.63, 3.8) is 0 Å². The average molecular weight is 404 g/mol. The minimum Gasteiger partial charge on any atom is -0.369 e. The summed E-state index contributed by atoms with van der Waals surface area (Å²) in [5, 5.41) is 3.13. The van der Waals surface area contributed by atoms with Crippen molar-refractivity contribution in [1.29, 1.82) is 0 Å². The molecule has 1 amide bonds. The maximum absolute atomic E-state index is 12.5. The van der Waals surface area contributed by atoms with Crippen LogP contribution in [0.25, 0.3) is 0 Å². The number of anilines is 2. The van der Waals surface area contributed by atoms with E-state index < -0.39 is 0 Å². The predicted molar refractivity (Wildman–Crippen MR) is 123 cm³/mol. The van der Waals surface area contributed by atoms with Gasteiger partial charge in [0.2, 0.25) is 5.91 Å². The lowest BCUT2D eigenvalue weighted by Gasteiger charge is -2.36. The van der Waals surface area contributed by atoms with E-state index in [-0.39, 0.29) is 5.91 Å². The molecule has 4 heteroatoms. The molecule has 1 saturated heterocycles. The second-order valence-electron chi connectivity index (χ2n) is 9.48. The summed E-state index contributed by atoms with van der Waals surface area (Å²) in [7, 11) is 0. The highest BCUT2D eigenvalue weighted by Crippen LogP contribution is 2.49. The molecule has 3 aliphatic rings. The smallest absolute Gasteiger partial charge is 0.224 e. The molecule has 2 aromatic rings. The number of fused-ring (bicyclic) bond motifs is 2. The van der Waals surface area contributed by atoms with E-state index in [1.807, 2.05) is 0 Å². The van der Waals surface area contributed by atoms with Crippen molar-refractivity contribution >= 4 is 17.3 Å². The normalized spacial score (nSPS) is 26.1. The maximum Gasteiger partial charge on any atom is 0.224 e. The molecule has 30 heavy (non-hydrogen) atoms. The fraction of sp³-hybridized carbons (Fsp3) is 0.500. The quantitative estimate of drug-likeness (QED) is 0.754. The van der Waals surface area contributed by atoms with Crippen molar-refractivity contribution in [1.82, 2.24) is 4.90 Å². The second-order valence-corrected chi connectivity index (χ2v) is 9.48. The number of rotatable bonds is 6. The van der Waals surface area contributed by atoms with Crippen LogP contribution in [0.3, 0.4) is 0 Å². The van der Waals surface area contributed by atoms with Crippen LogP contribution in [0.2, 0.25) is 0 Å². The van der Waals surface area contributed by atoms with Gasteiger partial charge in [0.05, 0.1) is 0 Å². The van der Waals surface area contributed by atoms with Crippen LogP contribution in [0.15, 0.2) is 54.6 Å². The summed E-state index contributed by atoms with van der Waals surface area (Å²) in [5.74, 6) is 2.52. The minimum atomic E-state index is 0.190. The van der Waals surface area contributed by atoms with Crippen molar-refractivity contribution in [2.75, 3.05) is 36.4 Å². The number of hydrogen-bond acceptors (Lipinski definition) is 3. The van der Waals surface area contributed by atoms with Gasteiger partial charge in [-0.05, 0) is 66.8 Å². The van der Waals surface area contributed by atoms with E-state index in [0.29, 0.717) is 12.3 Å². The highest BCUT2D eigenvalue weighted by Gasteiger charge is 2.40. The van der Waals surface area contributed by atoms with Crippen molar-refractivity contribution in [2.24, 2.45) is 17.8 Å². The van der Waals surface area contributed by atoms with Gasteiger partial charge in [0.25, 0.3) is 0 Å². The van der Waals surface area contributed by atoms with E-state index in [0.717, 1.165) is 50.2 Å². The summed E-state index contributed by atoms with van der Waals surface area (Å²) >= 11 is 0. The van der Waals surface area contributed by atoms with Gasteiger partial charge in [-0.3, -0.25) is 9.69 Å². The van der Waals surface area contributed by atoms with E-state index in [4.69, 9.17) is 0 Å². The van der Waals surface area contributed by atoms with Gasteiger partial charge in [0, 0.05) is 50.5 Å². The third-order valence-electron chi connectivity index (χ3n) is 7.47. The van der Waals surface area contributed by atoms with Crippen LogP contribution in [0, 0.1) is 17.8 Å². The fourth-order valence-electron chi connectivity index (χ4n) is 5.84. The van der Waals surface area contributed by atoms with E-state index >= 15 is 0 Å². The molecule has 3 fully saturated rings. The summed E-state index contributed by atoms with van der Waals surface area (Å²) in [6, 6.07) is 19.1. The van der Waals surface area contributed by atoms with Crippen molar-refractivity contribution in [3.8, 4) is 0 Å². The minimum absolute atomic E-state index is 0.190. The Labute approximate surface area is 180 Å². The van der Waals surface area contributed by atoms with Crippen LogP contribution >= 0.6 is 0 Å². The number of nitrogens with zero attached hydrogens (tertiary/aromatic N) is 2. The molecule has 0 aromatic heterocycles.